The highest BCUT2D eigenvalue weighted by molar-refractivity contribution is 7.89. The maximum atomic E-state index is 13.1. The molecule has 1 N–H and O–H groups in total. The fourth-order valence-electron chi connectivity index (χ4n) is 2.87. The first-order valence-corrected chi connectivity index (χ1v) is 9.28. The van der Waals surface area contributed by atoms with Gasteiger partial charge < -0.3 is 5.11 Å². The van der Waals surface area contributed by atoms with Crippen LogP contribution in [-0.2, 0) is 16.2 Å². The Bertz CT molecular complexity index is 935. The van der Waals surface area contributed by atoms with Crippen molar-refractivity contribution in [3.05, 3.63) is 65.7 Å². The Morgan fingerprint density at radius 3 is 2.23 bits per heavy atom. The number of nitrogens with zero attached hydrogens (tertiary/aromatic N) is 1. The third-order valence-electron chi connectivity index (χ3n) is 4.22. The zero-order valence-corrected chi connectivity index (χ0v) is 14.4. The standard InChI is InChI=1S/C18H16F3NO3S/c19-18(20,21)16-3-1-2-4-17(16)26(24,25)22-11-9-14(10-12-22)13-5-7-15(23)8-6-13/h1-9,23H,10-12H2. The third kappa shape index (κ3) is 3.61. The van der Waals surface area contributed by atoms with E-state index in [2.05, 4.69) is 0 Å². The number of phenolic OH excluding ortho intramolecular Hbond substituents is 1. The molecule has 0 saturated carbocycles. The summed E-state index contributed by atoms with van der Waals surface area (Å²) in [6, 6.07) is 10.7. The van der Waals surface area contributed by atoms with E-state index in [1.54, 1.807) is 18.2 Å². The summed E-state index contributed by atoms with van der Waals surface area (Å²) in [5.41, 5.74) is 0.574. The third-order valence-corrected chi connectivity index (χ3v) is 6.14. The molecule has 2 aromatic rings. The van der Waals surface area contributed by atoms with Crippen LogP contribution in [0.5, 0.6) is 5.75 Å². The average molecular weight is 383 g/mol. The summed E-state index contributed by atoms with van der Waals surface area (Å²) < 4.78 is 65.9. The van der Waals surface area contributed by atoms with E-state index in [4.69, 9.17) is 0 Å². The van der Waals surface area contributed by atoms with Gasteiger partial charge in [0, 0.05) is 13.1 Å². The summed E-state index contributed by atoms with van der Waals surface area (Å²) in [5, 5.41) is 9.32. The van der Waals surface area contributed by atoms with E-state index in [-0.39, 0.29) is 18.8 Å². The van der Waals surface area contributed by atoms with E-state index in [1.807, 2.05) is 0 Å². The molecule has 0 aliphatic carbocycles. The molecule has 0 radical (unpaired) electrons. The second-order valence-corrected chi connectivity index (χ2v) is 7.79. The van der Waals surface area contributed by atoms with Crippen LogP contribution >= 0.6 is 0 Å². The minimum Gasteiger partial charge on any atom is -0.508 e. The lowest BCUT2D eigenvalue weighted by atomic mass is 10.0. The number of phenols is 1. The summed E-state index contributed by atoms with van der Waals surface area (Å²) >= 11 is 0. The Morgan fingerprint density at radius 1 is 1.00 bits per heavy atom. The van der Waals surface area contributed by atoms with Crippen molar-refractivity contribution in [2.24, 2.45) is 0 Å². The summed E-state index contributed by atoms with van der Waals surface area (Å²) in [6.07, 6.45) is -2.69. The number of benzene rings is 2. The number of hydrogen-bond donors (Lipinski definition) is 1. The van der Waals surface area contributed by atoms with Gasteiger partial charge in [-0.25, -0.2) is 8.42 Å². The normalized spacial score (nSPS) is 16.3. The highest BCUT2D eigenvalue weighted by Gasteiger charge is 2.39. The van der Waals surface area contributed by atoms with E-state index >= 15 is 0 Å². The first-order valence-electron chi connectivity index (χ1n) is 7.84. The lowest BCUT2D eigenvalue weighted by molar-refractivity contribution is -0.139. The lowest BCUT2D eigenvalue weighted by Crippen LogP contribution is -2.35. The molecule has 0 aromatic heterocycles. The van der Waals surface area contributed by atoms with Gasteiger partial charge in [-0.1, -0.05) is 30.3 Å². The van der Waals surface area contributed by atoms with Crippen molar-refractivity contribution in [2.45, 2.75) is 17.5 Å². The van der Waals surface area contributed by atoms with Crippen LogP contribution in [0.2, 0.25) is 0 Å². The van der Waals surface area contributed by atoms with Crippen LogP contribution < -0.4 is 0 Å². The van der Waals surface area contributed by atoms with Crippen molar-refractivity contribution in [2.75, 3.05) is 13.1 Å². The van der Waals surface area contributed by atoms with E-state index < -0.39 is 26.7 Å². The Labute approximate surface area is 149 Å². The second kappa shape index (κ2) is 6.77. The van der Waals surface area contributed by atoms with Gasteiger partial charge in [-0.05, 0) is 41.8 Å². The van der Waals surface area contributed by atoms with Crippen molar-refractivity contribution >= 4 is 15.6 Å². The van der Waals surface area contributed by atoms with Crippen molar-refractivity contribution in [3.8, 4) is 5.75 Å². The molecule has 26 heavy (non-hydrogen) atoms. The maximum absolute atomic E-state index is 13.1. The number of hydrogen-bond acceptors (Lipinski definition) is 3. The van der Waals surface area contributed by atoms with Gasteiger partial charge in [-0.2, -0.15) is 17.5 Å². The van der Waals surface area contributed by atoms with Crippen LogP contribution in [0.15, 0.2) is 59.5 Å². The molecule has 4 nitrogen and oxygen atoms in total. The first-order chi connectivity index (χ1) is 12.2. The molecule has 2 aromatic carbocycles. The summed E-state index contributed by atoms with van der Waals surface area (Å²) in [7, 11) is -4.26. The molecule has 0 atom stereocenters. The molecule has 138 valence electrons. The van der Waals surface area contributed by atoms with E-state index in [0.29, 0.717) is 6.42 Å². The van der Waals surface area contributed by atoms with Gasteiger partial charge in [-0.15, -0.1) is 0 Å². The minimum absolute atomic E-state index is 0.00919. The number of rotatable bonds is 3. The van der Waals surface area contributed by atoms with Gasteiger partial charge in [-0.3, -0.25) is 0 Å². The van der Waals surface area contributed by atoms with Crippen molar-refractivity contribution < 1.29 is 26.7 Å². The molecule has 3 rings (SSSR count). The molecule has 0 saturated heterocycles. The molecule has 0 bridgehead atoms. The fourth-order valence-corrected chi connectivity index (χ4v) is 4.46. The van der Waals surface area contributed by atoms with E-state index in [9.17, 15) is 26.7 Å². The zero-order chi connectivity index (χ0) is 18.9. The van der Waals surface area contributed by atoms with Gasteiger partial charge in [0.15, 0.2) is 0 Å². The zero-order valence-electron chi connectivity index (χ0n) is 13.6. The number of alkyl halides is 3. The number of sulfonamides is 1. The van der Waals surface area contributed by atoms with Crippen molar-refractivity contribution in [3.63, 3.8) is 0 Å². The van der Waals surface area contributed by atoms with Gasteiger partial charge in [0.1, 0.15) is 5.75 Å². The predicted molar refractivity (Wildman–Crippen MR) is 90.9 cm³/mol. The average Bonchev–Trinajstić information content (AvgIpc) is 2.62. The molecule has 0 amide bonds. The Kier molecular flexibility index (Phi) is 4.81. The lowest BCUT2D eigenvalue weighted by Gasteiger charge is -2.27. The summed E-state index contributed by atoms with van der Waals surface area (Å²) in [5.74, 6) is 0.123. The van der Waals surface area contributed by atoms with Crippen molar-refractivity contribution in [1.29, 1.82) is 0 Å². The smallest absolute Gasteiger partial charge is 0.417 e. The molecule has 1 heterocycles. The van der Waals surface area contributed by atoms with Gasteiger partial charge in [0.25, 0.3) is 0 Å². The second-order valence-electron chi connectivity index (χ2n) is 5.88. The predicted octanol–water partition coefficient (Wildman–Crippen LogP) is 3.89. The minimum atomic E-state index is -4.74. The quantitative estimate of drug-likeness (QED) is 0.875. The Hall–Kier alpha value is -2.32. The molecule has 1 aliphatic rings. The summed E-state index contributed by atoms with van der Waals surface area (Å²) in [6.45, 7) is 0.0754. The van der Waals surface area contributed by atoms with E-state index in [0.717, 1.165) is 27.6 Å². The van der Waals surface area contributed by atoms with Crippen LogP contribution in [0.25, 0.3) is 5.57 Å². The monoisotopic (exact) mass is 383 g/mol. The topological polar surface area (TPSA) is 57.6 Å². The molecule has 0 spiro atoms. The Balaban J connectivity index is 1.88. The van der Waals surface area contributed by atoms with Gasteiger partial charge in [0.2, 0.25) is 10.0 Å². The summed E-state index contributed by atoms with van der Waals surface area (Å²) in [4.78, 5) is -0.728. The van der Waals surface area contributed by atoms with E-state index in [1.165, 1.54) is 24.3 Å². The molecule has 1 aliphatic heterocycles. The maximum Gasteiger partial charge on any atom is 0.417 e. The molecule has 0 fully saturated rings. The molecular weight excluding hydrogens is 367 g/mol. The highest BCUT2D eigenvalue weighted by atomic mass is 32.2. The molecule has 8 heteroatoms. The van der Waals surface area contributed by atoms with Gasteiger partial charge >= 0.3 is 6.18 Å². The van der Waals surface area contributed by atoms with Crippen LogP contribution in [-0.4, -0.2) is 30.9 Å². The van der Waals surface area contributed by atoms with Crippen LogP contribution in [0, 0.1) is 0 Å². The van der Waals surface area contributed by atoms with Crippen LogP contribution in [0.1, 0.15) is 17.5 Å². The first kappa shape index (κ1) is 18.5. The van der Waals surface area contributed by atoms with Crippen molar-refractivity contribution in [1.82, 2.24) is 4.31 Å². The van der Waals surface area contributed by atoms with Gasteiger partial charge in [0.05, 0.1) is 10.5 Å². The largest absolute Gasteiger partial charge is 0.508 e. The fraction of sp³-hybridized carbons (Fsp3) is 0.222. The van der Waals surface area contributed by atoms with Crippen LogP contribution in [0.4, 0.5) is 13.2 Å². The molecule has 0 unspecified atom stereocenters. The number of halogens is 3. The Morgan fingerprint density at radius 2 is 1.65 bits per heavy atom. The SMILES string of the molecule is O=S(=O)(c1ccccc1C(F)(F)F)N1CC=C(c2ccc(O)cc2)CC1. The highest BCUT2D eigenvalue weighted by Crippen LogP contribution is 2.36. The van der Waals surface area contributed by atoms with Crippen LogP contribution in [0.3, 0.4) is 0 Å². The number of aromatic hydroxyl groups is 1. The molecular formula is C18H16F3NO3S.